The zero-order chi connectivity index (χ0) is 39.8. The Labute approximate surface area is 350 Å². The number of fused-ring (bicyclic) bond motifs is 2. The molecule has 282 valence electrons. The van der Waals surface area contributed by atoms with Crippen molar-refractivity contribution in [1.29, 1.82) is 0 Å². The Morgan fingerprint density at radius 3 is 0.850 bits per heavy atom. The molecule has 2 heteroatoms. The molecule has 0 fully saturated rings. The Morgan fingerprint density at radius 1 is 0.200 bits per heavy atom. The SMILES string of the molecule is c1ccc(-c2ccc(-c3ccc(-c4ccc(-n5c(-c6ccccc6)c(-c6c(-c7ccccc7)n(-c7ccccc7)c7ccccc67)c6ccccc65)cc4)cc3)cc2)cc1. The maximum absolute atomic E-state index is 2.47. The zero-order valence-electron chi connectivity index (χ0n) is 33.0. The number of hydrogen-bond donors (Lipinski definition) is 0. The summed E-state index contributed by atoms with van der Waals surface area (Å²) < 4.78 is 4.91. The van der Waals surface area contributed by atoms with E-state index in [0.29, 0.717) is 0 Å². The Balaban J connectivity index is 1.07. The molecule has 0 aliphatic carbocycles. The predicted octanol–water partition coefficient (Wildman–Crippen LogP) is 15.6. The molecule has 0 amide bonds. The normalized spacial score (nSPS) is 11.3. The molecule has 2 aromatic heterocycles. The van der Waals surface area contributed by atoms with Crippen molar-refractivity contribution < 1.29 is 0 Å². The van der Waals surface area contributed by atoms with Crippen LogP contribution in [0.2, 0.25) is 0 Å². The molecule has 0 saturated heterocycles. The van der Waals surface area contributed by atoms with Crippen molar-refractivity contribution in [3.05, 3.63) is 243 Å². The van der Waals surface area contributed by atoms with Gasteiger partial charge < -0.3 is 9.13 Å². The summed E-state index contributed by atoms with van der Waals surface area (Å²) in [4.78, 5) is 0. The second-order valence-electron chi connectivity index (χ2n) is 15.3. The summed E-state index contributed by atoms with van der Waals surface area (Å²) in [6.07, 6.45) is 0. The van der Waals surface area contributed by atoms with E-state index in [1.54, 1.807) is 0 Å². The van der Waals surface area contributed by atoms with E-state index in [0.717, 1.165) is 22.5 Å². The van der Waals surface area contributed by atoms with Crippen molar-refractivity contribution in [2.24, 2.45) is 0 Å². The highest BCUT2D eigenvalue weighted by Gasteiger charge is 2.28. The number of rotatable bonds is 8. The van der Waals surface area contributed by atoms with Gasteiger partial charge in [-0.3, -0.25) is 0 Å². The first-order chi connectivity index (χ1) is 29.8. The molecule has 0 bridgehead atoms. The lowest BCUT2D eigenvalue weighted by Gasteiger charge is -2.16. The summed E-state index contributed by atoms with van der Waals surface area (Å²) in [5, 5.41) is 2.42. The van der Waals surface area contributed by atoms with E-state index in [4.69, 9.17) is 0 Å². The molecule has 11 rings (SSSR count). The highest BCUT2D eigenvalue weighted by Crippen LogP contribution is 2.50. The summed E-state index contributed by atoms with van der Waals surface area (Å²) in [5.74, 6) is 0. The third-order valence-corrected chi connectivity index (χ3v) is 11.8. The van der Waals surface area contributed by atoms with Crippen LogP contribution in [0.15, 0.2) is 243 Å². The van der Waals surface area contributed by atoms with Crippen LogP contribution in [0, 0.1) is 0 Å². The van der Waals surface area contributed by atoms with Crippen molar-refractivity contribution in [2.75, 3.05) is 0 Å². The molecule has 60 heavy (non-hydrogen) atoms. The van der Waals surface area contributed by atoms with Crippen LogP contribution in [-0.2, 0) is 0 Å². The fraction of sp³-hybridized carbons (Fsp3) is 0. The van der Waals surface area contributed by atoms with Crippen LogP contribution in [0.5, 0.6) is 0 Å². The van der Waals surface area contributed by atoms with Gasteiger partial charge in [0.1, 0.15) is 0 Å². The van der Waals surface area contributed by atoms with Gasteiger partial charge in [-0.2, -0.15) is 0 Å². The monoisotopic (exact) mass is 764 g/mol. The minimum atomic E-state index is 1.11. The van der Waals surface area contributed by atoms with Gasteiger partial charge in [-0.05, 0) is 80.9 Å². The number of para-hydroxylation sites is 3. The summed E-state index contributed by atoms with van der Waals surface area (Å²) in [6.45, 7) is 0. The fourth-order valence-electron chi connectivity index (χ4n) is 8.98. The molecule has 2 nitrogen and oxygen atoms in total. The van der Waals surface area contributed by atoms with Gasteiger partial charge in [0.15, 0.2) is 0 Å². The molecule has 9 aromatic carbocycles. The topological polar surface area (TPSA) is 9.86 Å². The molecule has 0 N–H and O–H groups in total. The zero-order valence-corrected chi connectivity index (χ0v) is 33.0. The minimum absolute atomic E-state index is 1.11. The Kier molecular flexibility index (Phi) is 8.87. The molecule has 0 radical (unpaired) electrons. The van der Waals surface area contributed by atoms with Gasteiger partial charge >= 0.3 is 0 Å². The van der Waals surface area contributed by atoms with Gasteiger partial charge in [-0.1, -0.05) is 206 Å². The Morgan fingerprint density at radius 2 is 0.467 bits per heavy atom. The molecule has 0 aliphatic heterocycles. The number of hydrogen-bond acceptors (Lipinski definition) is 0. The van der Waals surface area contributed by atoms with Crippen LogP contribution in [0.25, 0.3) is 100 Å². The standard InChI is InChI=1S/C58H40N2/c1-5-17-41(18-6-1)42-29-31-43(32-30-42)44-33-35-45(36-34-44)46-37-39-50(40-38-46)60-54-28-16-14-26-52(54)56(58(60)48-21-9-3-10-22-48)55-51-25-13-15-27-53(51)59(49-23-11-4-12-24-49)57(55)47-19-7-2-8-20-47/h1-40H. The van der Waals surface area contributed by atoms with E-state index in [1.165, 1.54) is 77.7 Å². The summed E-state index contributed by atoms with van der Waals surface area (Å²) >= 11 is 0. The molecule has 0 saturated carbocycles. The maximum atomic E-state index is 2.47. The molecule has 0 spiro atoms. The van der Waals surface area contributed by atoms with Crippen LogP contribution >= 0.6 is 0 Å². The lowest BCUT2D eigenvalue weighted by molar-refractivity contribution is 1.13. The highest BCUT2D eigenvalue weighted by molar-refractivity contribution is 6.16. The average molecular weight is 765 g/mol. The van der Waals surface area contributed by atoms with Crippen LogP contribution in [-0.4, -0.2) is 9.13 Å². The third-order valence-electron chi connectivity index (χ3n) is 11.8. The quantitative estimate of drug-likeness (QED) is 0.146. The predicted molar refractivity (Wildman–Crippen MR) is 253 cm³/mol. The van der Waals surface area contributed by atoms with Gasteiger partial charge in [0, 0.05) is 33.3 Å². The van der Waals surface area contributed by atoms with E-state index in [1.807, 2.05) is 0 Å². The van der Waals surface area contributed by atoms with E-state index in [-0.39, 0.29) is 0 Å². The molecule has 2 heterocycles. The van der Waals surface area contributed by atoms with E-state index in [2.05, 4.69) is 252 Å². The molecular weight excluding hydrogens is 725 g/mol. The van der Waals surface area contributed by atoms with Crippen LogP contribution in [0.1, 0.15) is 0 Å². The highest BCUT2D eigenvalue weighted by atomic mass is 15.0. The van der Waals surface area contributed by atoms with Gasteiger partial charge in [-0.15, -0.1) is 0 Å². The van der Waals surface area contributed by atoms with Gasteiger partial charge in [-0.25, -0.2) is 0 Å². The van der Waals surface area contributed by atoms with Crippen molar-refractivity contribution in [1.82, 2.24) is 9.13 Å². The fourth-order valence-corrected chi connectivity index (χ4v) is 8.98. The van der Waals surface area contributed by atoms with Crippen molar-refractivity contribution in [3.63, 3.8) is 0 Å². The number of benzene rings is 9. The summed E-state index contributed by atoms with van der Waals surface area (Å²) in [5.41, 5.74) is 18.9. The van der Waals surface area contributed by atoms with Crippen molar-refractivity contribution in [3.8, 4) is 78.4 Å². The Bertz CT molecular complexity index is 3230. The second kappa shape index (κ2) is 15.1. The first-order valence-electron chi connectivity index (χ1n) is 20.6. The maximum Gasteiger partial charge on any atom is 0.0620 e. The summed E-state index contributed by atoms with van der Waals surface area (Å²) in [6, 6.07) is 87.7. The van der Waals surface area contributed by atoms with Gasteiger partial charge in [0.2, 0.25) is 0 Å². The van der Waals surface area contributed by atoms with E-state index >= 15 is 0 Å². The first-order valence-corrected chi connectivity index (χ1v) is 20.6. The van der Waals surface area contributed by atoms with Gasteiger partial charge in [0.05, 0.1) is 22.4 Å². The Hall–Kier alpha value is -7.94. The molecule has 0 unspecified atom stereocenters. The number of nitrogens with zero attached hydrogens (tertiary/aromatic N) is 2. The average Bonchev–Trinajstić information content (AvgIpc) is 3.86. The van der Waals surface area contributed by atoms with Crippen molar-refractivity contribution >= 4 is 21.8 Å². The van der Waals surface area contributed by atoms with Crippen LogP contribution in [0.4, 0.5) is 0 Å². The largest absolute Gasteiger partial charge is 0.309 e. The van der Waals surface area contributed by atoms with E-state index < -0.39 is 0 Å². The molecule has 0 atom stereocenters. The first kappa shape index (κ1) is 35.2. The minimum Gasteiger partial charge on any atom is -0.309 e. The molecule has 11 aromatic rings. The van der Waals surface area contributed by atoms with Crippen LogP contribution in [0.3, 0.4) is 0 Å². The molecular formula is C58H40N2. The lowest BCUT2D eigenvalue weighted by Crippen LogP contribution is -1.99. The lowest BCUT2D eigenvalue weighted by atomic mass is 9.93. The molecule has 0 aliphatic rings. The second-order valence-corrected chi connectivity index (χ2v) is 15.3. The van der Waals surface area contributed by atoms with E-state index in [9.17, 15) is 0 Å². The third kappa shape index (κ3) is 6.14. The van der Waals surface area contributed by atoms with Gasteiger partial charge in [0.25, 0.3) is 0 Å². The number of aromatic nitrogens is 2. The van der Waals surface area contributed by atoms with Crippen LogP contribution < -0.4 is 0 Å². The smallest absolute Gasteiger partial charge is 0.0620 e. The summed E-state index contributed by atoms with van der Waals surface area (Å²) in [7, 11) is 0. The van der Waals surface area contributed by atoms with Crippen molar-refractivity contribution in [2.45, 2.75) is 0 Å².